The van der Waals surface area contributed by atoms with Crippen molar-refractivity contribution in [2.45, 2.75) is 19.4 Å². The third kappa shape index (κ3) is 2.93. The Bertz CT molecular complexity index is 387. The van der Waals surface area contributed by atoms with Crippen molar-refractivity contribution in [3.63, 3.8) is 0 Å². The standard InChI is InChI=1S/C11H16N4O/c12-11(15-16)10-5-9(3-4-14-10)7-13-6-8-1-2-8/h3-5,8,13,16H,1-2,6-7H2,(H2,12,15). The average Bonchev–Trinajstić information content (AvgIpc) is 3.12. The number of nitrogens with two attached hydrogens (primary N) is 1. The Kier molecular flexibility index (Phi) is 3.36. The molecule has 2 rings (SSSR count). The Morgan fingerprint density at radius 1 is 1.62 bits per heavy atom. The number of amidine groups is 1. The summed E-state index contributed by atoms with van der Waals surface area (Å²) in [6, 6.07) is 3.75. The molecule has 0 spiro atoms. The van der Waals surface area contributed by atoms with Crippen LogP contribution in [-0.2, 0) is 6.54 Å². The fourth-order valence-corrected chi connectivity index (χ4v) is 1.52. The molecule has 5 nitrogen and oxygen atoms in total. The van der Waals surface area contributed by atoms with Crippen molar-refractivity contribution in [2.24, 2.45) is 16.8 Å². The van der Waals surface area contributed by atoms with Crippen molar-refractivity contribution < 1.29 is 5.21 Å². The van der Waals surface area contributed by atoms with Gasteiger partial charge in [0.15, 0.2) is 5.84 Å². The van der Waals surface area contributed by atoms with Gasteiger partial charge in [-0.05, 0) is 43.0 Å². The Morgan fingerprint density at radius 2 is 2.44 bits per heavy atom. The highest BCUT2D eigenvalue weighted by Gasteiger charge is 2.20. The van der Waals surface area contributed by atoms with E-state index in [-0.39, 0.29) is 5.84 Å². The molecule has 1 saturated carbocycles. The predicted octanol–water partition coefficient (Wildman–Crippen LogP) is 0.676. The maximum atomic E-state index is 8.54. The molecule has 1 aliphatic rings. The van der Waals surface area contributed by atoms with Crippen LogP contribution in [0.5, 0.6) is 0 Å². The van der Waals surface area contributed by atoms with Crippen LogP contribution in [0.1, 0.15) is 24.1 Å². The highest BCUT2D eigenvalue weighted by Crippen LogP contribution is 2.27. The first-order chi connectivity index (χ1) is 7.79. The maximum absolute atomic E-state index is 8.54. The molecule has 0 saturated heterocycles. The van der Waals surface area contributed by atoms with E-state index in [1.165, 1.54) is 12.8 Å². The molecule has 1 heterocycles. The summed E-state index contributed by atoms with van der Waals surface area (Å²) in [4.78, 5) is 4.02. The van der Waals surface area contributed by atoms with Crippen LogP contribution in [-0.4, -0.2) is 22.6 Å². The number of nitrogens with zero attached hydrogens (tertiary/aromatic N) is 2. The minimum atomic E-state index is 0.0454. The molecule has 0 aliphatic heterocycles. The Morgan fingerprint density at radius 3 is 3.12 bits per heavy atom. The maximum Gasteiger partial charge on any atom is 0.188 e. The molecule has 0 aromatic carbocycles. The monoisotopic (exact) mass is 220 g/mol. The van der Waals surface area contributed by atoms with E-state index in [1.54, 1.807) is 6.20 Å². The minimum absolute atomic E-state index is 0.0454. The largest absolute Gasteiger partial charge is 0.409 e. The summed E-state index contributed by atoms with van der Waals surface area (Å²) < 4.78 is 0. The van der Waals surface area contributed by atoms with E-state index in [0.29, 0.717) is 5.69 Å². The van der Waals surface area contributed by atoms with Crippen molar-refractivity contribution >= 4 is 5.84 Å². The number of rotatable bonds is 5. The smallest absolute Gasteiger partial charge is 0.188 e. The molecular formula is C11H16N4O. The van der Waals surface area contributed by atoms with Gasteiger partial charge in [0.1, 0.15) is 5.69 Å². The van der Waals surface area contributed by atoms with Crippen LogP contribution < -0.4 is 11.1 Å². The summed E-state index contributed by atoms with van der Waals surface area (Å²) in [5.74, 6) is 0.912. The zero-order valence-electron chi connectivity index (χ0n) is 9.06. The highest BCUT2D eigenvalue weighted by molar-refractivity contribution is 5.95. The lowest BCUT2D eigenvalue weighted by molar-refractivity contribution is 0.318. The van der Waals surface area contributed by atoms with Gasteiger partial charge in [-0.1, -0.05) is 5.16 Å². The van der Waals surface area contributed by atoms with Crippen LogP contribution in [0.15, 0.2) is 23.5 Å². The Balaban J connectivity index is 1.92. The topological polar surface area (TPSA) is 83.5 Å². The minimum Gasteiger partial charge on any atom is -0.409 e. The third-order valence-electron chi connectivity index (χ3n) is 2.65. The third-order valence-corrected chi connectivity index (χ3v) is 2.65. The molecule has 1 aromatic heterocycles. The number of hydrogen-bond donors (Lipinski definition) is 3. The van der Waals surface area contributed by atoms with Crippen LogP contribution in [0.2, 0.25) is 0 Å². The summed E-state index contributed by atoms with van der Waals surface area (Å²) in [5.41, 5.74) is 7.07. The van der Waals surface area contributed by atoms with Gasteiger partial charge in [0.05, 0.1) is 0 Å². The first-order valence-electron chi connectivity index (χ1n) is 5.43. The lowest BCUT2D eigenvalue weighted by Crippen LogP contribution is -2.18. The van der Waals surface area contributed by atoms with Crippen molar-refractivity contribution in [2.75, 3.05) is 6.54 Å². The molecule has 1 aliphatic carbocycles. The van der Waals surface area contributed by atoms with Gasteiger partial charge < -0.3 is 16.3 Å². The molecule has 1 fully saturated rings. The summed E-state index contributed by atoms with van der Waals surface area (Å²) >= 11 is 0. The molecule has 86 valence electrons. The van der Waals surface area contributed by atoms with Gasteiger partial charge in [-0.3, -0.25) is 4.98 Å². The van der Waals surface area contributed by atoms with Crippen molar-refractivity contribution in [3.8, 4) is 0 Å². The van der Waals surface area contributed by atoms with Crippen LogP contribution in [0, 0.1) is 5.92 Å². The lowest BCUT2D eigenvalue weighted by Gasteiger charge is -2.05. The highest BCUT2D eigenvalue weighted by atomic mass is 16.4. The number of oxime groups is 1. The van der Waals surface area contributed by atoms with E-state index < -0.39 is 0 Å². The van der Waals surface area contributed by atoms with Gasteiger partial charge in [-0.2, -0.15) is 0 Å². The Hall–Kier alpha value is -1.62. The van der Waals surface area contributed by atoms with Crippen LogP contribution in [0.25, 0.3) is 0 Å². The molecule has 5 heteroatoms. The lowest BCUT2D eigenvalue weighted by atomic mass is 10.2. The van der Waals surface area contributed by atoms with E-state index in [4.69, 9.17) is 10.9 Å². The van der Waals surface area contributed by atoms with E-state index in [1.807, 2.05) is 12.1 Å². The molecule has 0 atom stereocenters. The van der Waals surface area contributed by atoms with E-state index in [2.05, 4.69) is 15.5 Å². The second-order valence-electron chi connectivity index (χ2n) is 4.11. The van der Waals surface area contributed by atoms with Gasteiger partial charge in [0, 0.05) is 12.7 Å². The second kappa shape index (κ2) is 4.94. The van der Waals surface area contributed by atoms with Gasteiger partial charge in [0.25, 0.3) is 0 Å². The normalized spacial score (nSPS) is 16.4. The predicted molar refractivity (Wildman–Crippen MR) is 61.2 cm³/mol. The number of hydrogen-bond acceptors (Lipinski definition) is 4. The van der Waals surface area contributed by atoms with Gasteiger partial charge in [0.2, 0.25) is 0 Å². The van der Waals surface area contributed by atoms with Crippen molar-refractivity contribution in [1.29, 1.82) is 0 Å². The first kappa shape index (κ1) is 10.9. The molecular weight excluding hydrogens is 204 g/mol. The SMILES string of the molecule is NC(=NO)c1cc(CNCC2CC2)ccn1. The zero-order valence-corrected chi connectivity index (χ0v) is 9.06. The zero-order chi connectivity index (χ0) is 11.4. The quantitative estimate of drug-likeness (QED) is 0.295. The van der Waals surface area contributed by atoms with E-state index in [9.17, 15) is 0 Å². The summed E-state index contributed by atoms with van der Waals surface area (Å²) in [7, 11) is 0. The van der Waals surface area contributed by atoms with E-state index in [0.717, 1.165) is 24.6 Å². The molecule has 0 radical (unpaired) electrons. The van der Waals surface area contributed by atoms with Crippen LogP contribution in [0.4, 0.5) is 0 Å². The molecule has 1 aromatic rings. The molecule has 16 heavy (non-hydrogen) atoms. The fraction of sp³-hybridized carbons (Fsp3) is 0.455. The fourth-order valence-electron chi connectivity index (χ4n) is 1.52. The number of pyridine rings is 1. The van der Waals surface area contributed by atoms with Crippen molar-refractivity contribution in [3.05, 3.63) is 29.6 Å². The van der Waals surface area contributed by atoms with Crippen LogP contribution >= 0.6 is 0 Å². The number of nitrogens with one attached hydrogen (secondary N) is 1. The molecule has 4 N–H and O–H groups in total. The average molecular weight is 220 g/mol. The van der Waals surface area contributed by atoms with Gasteiger partial charge in [-0.15, -0.1) is 0 Å². The number of aromatic nitrogens is 1. The second-order valence-corrected chi connectivity index (χ2v) is 4.11. The summed E-state index contributed by atoms with van der Waals surface area (Å²) in [6.45, 7) is 1.87. The Labute approximate surface area is 94.4 Å². The summed E-state index contributed by atoms with van der Waals surface area (Å²) in [6.07, 6.45) is 4.36. The molecule has 0 bridgehead atoms. The van der Waals surface area contributed by atoms with Crippen molar-refractivity contribution in [1.82, 2.24) is 10.3 Å². The molecule has 0 unspecified atom stereocenters. The van der Waals surface area contributed by atoms with Gasteiger partial charge >= 0.3 is 0 Å². The van der Waals surface area contributed by atoms with E-state index >= 15 is 0 Å². The summed E-state index contributed by atoms with van der Waals surface area (Å²) in [5, 5.41) is 14.9. The van der Waals surface area contributed by atoms with Crippen LogP contribution in [0.3, 0.4) is 0 Å². The van der Waals surface area contributed by atoms with Gasteiger partial charge in [-0.25, -0.2) is 0 Å². The molecule has 0 amide bonds. The first-order valence-corrected chi connectivity index (χ1v) is 5.43.